The molecule has 0 atom stereocenters. The highest BCUT2D eigenvalue weighted by molar-refractivity contribution is 5.89. The summed E-state index contributed by atoms with van der Waals surface area (Å²) in [4.78, 5) is 24.0. The van der Waals surface area contributed by atoms with Gasteiger partial charge in [-0.05, 0) is 12.1 Å². The number of hydrogen-bond donors (Lipinski definition) is 1. The van der Waals surface area contributed by atoms with Gasteiger partial charge in [0.1, 0.15) is 17.9 Å². The summed E-state index contributed by atoms with van der Waals surface area (Å²) < 4.78 is 40.5. The summed E-state index contributed by atoms with van der Waals surface area (Å²) in [5, 5.41) is 6.85. The van der Waals surface area contributed by atoms with E-state index >= 15 is 0 Å². The molecule has 136 valence electrons. The van der Waals surface area contributed by atoms with E-state index < -0.39 is 29.8 Å². The third kappa shape index (κ3) is 4.28. The zero-order valence-electron chi connectivity index (χ0n) is 14.3. The Morgan fingerprint density at radius 1 is 1.28 bits per heavy atom. The summed E-state index contributed by atoms with van der Waals surface area (Å²) in [6.45, 7) is 5.36. The maximum atomic E-state index is 12.8. The van der Waals surface area contributed by atoms with Crippen molar-refractivity contribution in [3.63, 3.8) is 0 Å². The van der Waals surface area contributed by atoms with Crippen LogP contribution in [0, 0.1) is 0 Å². The Balaban J connectivity index is 2.20. The van der Waals surface area contributed by atoms with Gasteiger partial charge in [0, 0.05) is 24.7 Å². The van der Waals surface area contributed by atoms with E-state index in [0.717, 1.165) is 22.5 Å². The normalized spacial score (nSPS) is 12.3. The molecule has 0 saturated carbocycles. The highest BCUT2D eigenvalue weighted by Crippen LogP contribution is 2.26. The van der Waals surface area contributed by atoms with Gasteiger partial charge in [-0.15, -0.1) is 0 Å². The molecule has 25 heavy (non-hydrogen) atoms. The van der Waals surface area contributed by atoms with E-state index in [-0.39, 0.29) is 5.41 Å². The molecule has 2 rings (SSSR count). The number of alkyl halides is 3. The average Bonchev–Trinajstić information content (AvgIpc) is 2.81. The Hall–Kier alpha value is -2.58. The van der Waals surface area contributed by atoms with Gasteiger partial charge in [0.25, 0.3) is 5.56 Å². The van der Waals surface area contributed by atoms with Crippen LogP contribution in [0.1, 0.15) is 32.0 Å². The van der Waals surface area contributed by atoms with Crippen LogP contribution >= 0.6 is 0 Å². The number of nitrogens with one attached hydrogen (secondary N) is 1. The second-order valence-corrected chi connectivity index (χ2v) is 6.69. The van der Waals surface area contributed by atoms with Crippen molar-refractivity contribution in [3.05, 3.63) is 46.0 Å². The van der Waals surface area contributed by atoms with E-state index in [1.807, 2.05) is 20.8 Å². The van der Waals surface area contributed by atoms with Crippen LogP contribution in [-0.4, -0.2) is 20.3 Å². The SMILES string of the molecule is Cn1nc(C(C)(C)C)cc1NC(=O)Cn1cccc(C(F)(F)F)c1=O. The van der Waals surface area contributed by atoms with Crippen LogP contribution in [0.5, 0.6) is 0 Å². The lowest BCUT2D eigenvalue weighted by atomic mass is 9.92. The first-order chi connectivity index (χ1) is 11.4. The van der Waals surface area contributed by atoms with Crippen LogP contribution in [0.3, 0.4) is 0 Å². The standard InChI is InChI=1S/C16H19F3N4O2/c1-15(2,3)11-8-12(22(4)21-11)20-13(24)9-23-7-5-6-10(14(23)25)16(17,18)19/h5-8H,9H2,1-4H3,(H,20,24). The van der Waals surface area contributed by atoms with Crippen molar-refractivity contribution in [1.82, 2.24) is 14.3 Å². The minimum absolute atomic E-state index is 0.223. The Labute approximate surface area is 142 Å². The maximum absolute atomic E-state index is 12.8. The summed E-state index contributed by atoms with van der Waals surface area (Å²) in [5.74, 6) is -0.222. The predicted molar refractivity (Wildman–Crippen MR) is 86.2 cm³/mol. The number of halogens is 3. The molecule has 1 N–H and O–H groups in total. The number of amides is 1. The van der Waals surface area contributed by atoms with E-state index in [1.54, 1.807) is 13.1 Å². The minimum Gasteiger partial charge on any atom is -0.309 e. The molecule has 0 fully saturated rings. The summed E-state index contributed by atoms with van der Waals surface area (Å²) in [5.41, 5.74) is -2.04. The predicted octanol–water partition coefficient (Wildman–Crippen LogP) is 2.54. The molecule has 6 nitrogen and oxygen atoms in total. The monoisotopic (exact) mass is 356 g/mol. The van der Waals surface area contributed by atoms with Crippen molar-refractivity contribution in [3.8, 4) is 0 Å². The molecule has 2 aromatic heterocycles. The number of carbonyl (C=O) groups excluding carboxylic acids is 1. The van der Waals surface area contributed by atoms with Crippen molar-refractivity contribution in [2.24, 2.45) is 7.05 Å². The van der Waals surface area contributed by atoms with Crippen LogP contribution in [0.15, 0.2) is 29.2 Å². The number of nitrogens with zero attached hydrogens (tertiary/aromatic N) is 3. The first-order valence-electron chi connectivity index (χ1n) is 7.50. The molecule has 0 unspecified atom stereocenters. The molecule has 0 aliphatic carbocycles. The van der Waals surface area contributed by atoms with Gasteiger partial charge >= 0.3 is 6.18 Å². The Morgan fingerprint density at radius 3 is 2.44 bits per heavy atom. The molecule has 0 aliphatic heterocycles. The molecule has 0 saturated heterocycles. The second-order valence-electron chi connectivity index (χ2n) is 6.69. The second kappa shape index (κ2) is 6.38. The third-order valence-corrected chi connectivity index (χ3v) is 3.56. The Kier molecular flexibility index (Phi) is 4.79. The molecule has 0 aliphatic rings. The number of hydrogen-bond acceptors (Lipinski definition) is 3. The quantitative estimate of drug-likeness (QED) is 0.919. The molecule has 2 aromatic rings. The molecule has 0 bridgehead atoms. The van der Waals surface area contributed by atoms with Gasteiger partial charge in [0.05, 0.1) is 5.69 Å². The van der Waals surface area contributed by atoms with E-state index in [4.69, 9.17) is 0 Å². The number of pyridine rings is 1. The molecular weight excluding hydrogens is 337 g/mol. The smallest absolute Gasteiger partial charge is 0.309 e. The van der Waals surface area contributed by atoms with E-state index in [9.17, 15) is 22.8 Å². The lowest BCUT2D eigenvalue weighted by molar-refractivity contribution is -0.139. The summed E-state index contributed by atoms with van der Waals surface area (Å²) >= 11 is 0. The van der Waals surface area contributed by atoms with Gasteiger partial charge in [0.15, 0.2) is 0 Å². The average molecular weight is 356 g/mol. The highest BCUT2D eigenvalue weighted by atomic mass is 19.4. The largest absolute Gasteiger partial charge is 0.421 e. The van der Waals surface area contributed by atoms with Gasteiger partial charge in [0.2, 0.25) is 5.91 Å². The van der Waals surface area contributed by atoms with Crippen molar-refractivity contribution in [1.29, 1.82) is 0 Å². The molecule has 0 radical (unpaired) electrons. The van der Waals surface area contributed by atoms with Gasteiger partial charge in [-0.3, -0.25) is 14.3 Å². The van der Waals surface area contributed by atoms with E-state index in [0.29, 0.717) is 11.9 Å². The molecule has 2 heterocycles. The first-order valence-corrected chi connectivity index (χ1v) is 7.50. The van der Waals surface area contributed by atoms with Crippen molar-refractivity contribution >= 4 is 11.7 Å². The van der Waals surface area contributed by atoms with Crippen LogP contribution in [0.25, 0.3) is 0 Å². The van der Waals surface area contributed by atoms with Gasteiger partial charge in [-0.2, -0.15) is 18.3 Å². The molecular formula is C16H19F3N4O2. The summed E-state index contributed by atoms with van der Waals surface area (Å²) in [6, 6.07) is 3.46. The van der Waals surface area contributed by atoms with Crippen LogP contribution in [0.4, 0.5) is 19.0 Å². The number of rotatable bonds is 3. The van der Waals surface area contributed by atoms with Crippen molar-refractivity contribution in [2.45, 2.75) is 38.9 Å². The fraction of sp³-hybridized carbons (Fsp3) is 0.438. The third-order valence-electron chi connectivity index (χ3n) is 3.56. The lowest BCUT2D eigenvalue weighted by Gasteiger charge is -2.13. The zero-order valence-corrected chi connectivity index (χ0v) is 14.3. The topological polar surface area (TPSA) is 68.9 Å². The van der Waals surface area contributed by atoms with E-state index in [1.165, 1.54) is 4.68 Å². The Bertz CT molecular complexity index is 844. The van der Waals surface area contributed by atoms with Crippen LogP contribution in [-0.2, 0) is 30.0 Å². The number of aromatic nitrogens is 3. The lowest BCUT2D eigenvalue weighted by Crippen LogP contribution is -2.32. The number of anilines is 1. The fourth-order valence-electron chi connectivity index (χ4n) is 2.16. The molecule has 0 spiro atoms. The number of aryl methyl sites for hydroxylation is 1. The summed E-state index contributed by atoms with van der Waals surface area (Å²) in [6.07, 6.45) is -3.62. The first kappa shape index (κ1) is 18.8. The van der Waals surface area contributed by atoms with Crippen LogP contribution in [0.2, 0.25) is 0 Å². The van der Waals surface area contributed by atoms with Gasteiger partial charge in [-0.1, -0.05) is 20.8 Å². The Morgan fingerprint density at radius 2 is 1.92 bits per heavy atom. The number of carbonyl (C=O) groups is 1. The maximum Gasteiger partial charge on any atom is 0.421 e. The van der Waals surface area contributed by atoms with Crippen molar-refractivity contribution in [2.75, 3.05) is 5.32 Å². The van der Waals surface area contributed by atoms with Gasteiger partial charge < -0.3 is 9.88 Å². The minimum atomic E-state index is -4.76. The van der Waals surface area contributed by atoms with Crippen molar-refractivity contribution < 1.29 is 18.0 Å². The highest BCUT2D eigenvalue weighted by Gasteiger charge is 2.34. The van der Waals surface area contributed by atoms with Gasteiger partial charge in [-0.25, -0.2) is 0 Å². The van der Waals surface area contributed by atoms with Crippen LogP contribution < -0.4 is 10.9 Å². The molecule has 0 aromatic carbocycles. The molecule has 1 amide bonds. The zero-order chi connectivity index (χ0) is 19.0. The summed E-state index contributed by atoms with van der Waals surface area (Å²) in [7, 11) is 1.64. The molecule has 9 heteroatoms. The fourth-order valence-corrected chi connectivity index (χ4v) is 2.16. The van der Waals surface area contributed by atoms with E-state index in [2.05, 4.69) is 10.4 Å².